The first kappa shape index (κ1) is 16.1. The number of fused-ring (bicyclic) bond motifs is 5. The number of rotatable bonds is 0. The first-order valence-corrected chi connectivity index (χ1v) is 9.21. The van der Waals surface area contributed by atoms with Crippen molar-refractivity contribution >= 4 is 0 Å². The van der Waals surface area contributed by atoms with Gasteiger partial charge < -0.3 is 20.4 Å². The Labute approximate surface area is 138 Å². The zero-order valence-electron chi connectivity index (χ0n) is 14.2. The van der Waals surface area contributed by atoms with Crippen molar-refractivity contribution in [3.05, 3.63) is 11.6 Å². The van der Waals surface area contributed by atoms with Crippen molar-refractivity contribution in [1.29, 1.82) is 0 Å². The molecule has 9 atom stereocenters. The zero-order valence-corrected chi connectivity index (χ0v) is 14.2. The molecule has 0 aliphatic heterocycles. The van der Waals surface area contributed by atoms with E-state index in [4.69, 9.17) is 0 Å². The minimum absolute atomic E-state index is 0.0585. The van der Waals surface area contributed by atoms with E-state index in [-0.39, 0.29) is 28.8 Å². The lowest BCUT2D eigenvalue weighted by Gasteiger charge is -2.58. The van der Waals surface area contributed by atoms with Gasteiger partial charge in [-0.1, -0.05) is 25.5 Å². The molecule has 4 aliphatic carbocycles. The van der Waals surface area contributed by atoms with Crippen LogP contribution in [0.4, 0.5) is 0 Å². The van der Waals surface area contributed by atoms with Crippen molar-refractivity contribution in [3.63, 3.8) is 0 Å². The first-order valence-electron chi connectivity index (χ1n) is 9.21. The average Bonchev–Trinajstić information content (AvgIpc) is 2.73. The van der Waals surface area contributed by atoms with Crippen LogP contribution in [-0.4, -0.2) is 44.8 Å². The van der Waals surface area contributed by atoms with E-state index < -0.39 is 18.3 Å². The second-order valence-corrected chi connectivity index (χ2v) is 9.08. The monoisotopic (exact) mass is 322 g/mol. The maximum Gasteiger partial charge on any atom is 0.0855 e. The molecule has 3 fully saturated rings. The van der Waals surface area contributed by atoms with E-state index >= 15 is 0 Å². The topological polar surface area (TPSA) is 80.9 Å². The second-order valence-electron chi connectivity index (χ2n) is 9.08. The molecule has 4 nitrogen and oxygen atoms in total. The second kappa shape index (κ2) is 5.04. The third-order valence-corrected chi connectivity index (χ3v) is 8.08. The molecule has 0 aromatic carbocycles. The summed E-state index contributed by atoms with van der Waals surface area (Å²) >= 11 is 0. The summed E-state index contributed by atoms with van der Waals surface area (Å²) in [5, 5.41) is 41.6. The molecular formula is C19H30O4. The highest BCUT2D eigenvalue weighted by Gasteiger charge is 2.62. The van der Waals surface area contributed by atoms with Gasteiger partial charge in [-0.15, -0.1) is 0 Å². The minimum Gasteiger partial charge on any atom is -0.393 e. The van der Waals surface area contributed by atoms with Gasteiger partial charge in [0.25, 0.3) is 0 Å². The Morgan fingerprint density at radius 1 is 1.00 bits per heavy atom. The summed E-state index contributed by atoms with van der Waals surface area (Å²) in [5.74, 6) is 0.674. The molecule has 2 unspecified atom stereocenters. The molecule has 23 heavy (non-hydrogen) atoms. The maximum atomic E-state index is 10.9. The van der Waals surface area contributed by atoms with Crippen molar-refractivity contribution in [1.82, 2.24) is 0 Å². The van der Waals surface area contributed by atoms with Crippen molar-refractivity contribution in [2.24, 2.45) is 28.6 Å². The third kappa shape index (κ3) is 2.05. The van der Waals surface area contributed by atoms with E-state index in [1.165, 1.54) is 5.57 Å². The molecule has 0 spiro atoms. The summed E-state index contributed by atoms with van der Waals surface area (Å²) in [7, 11) is 0. The molecule has 3 saturated carbocycles. The van der Waals surface area contributed by atoms with Gasteiger partial charge in [0.15, 0.2) is 0 Å². The van der Waals surface area contributed by atoms with Crippen LogP contribution in [0.1, 0.15) is 52.4 Å². The van der Waals surface area contributed by atoms with Crippen LogP contribution in [0.15, 0.2) is 11.6 Å². The van der Waals surface area contributed by atoms with E-state index in [1.807, 2.05) is 6.08 Å². The maximum absolute atomic E-state index is 10.9. The van der Waals surface area contributed by atoms with Gasteiger partial charge in [-0.25, -0.2) is 0 Å². The molecule has 0 aromatic heterocycles. The fourth-order valence-corrected chi connectivity index (χ4v) is 6.62. The standard InChI is InChI=1S/C19H30O4/c1-18-5-3-11(20)7-10(18)8-14(21)16-12(18)4-6-19(2)13(16)9-15(22)17(19)23/h8,11-17,20-23H,3-7,9H2,1-2H3/t11-,12+,13+,14?,15-,16-,17?,18+,19+/m1/s1. The summed E-state index contributed by atoms with van der Waals surface area (Å²) < 4.78 is 0. The van der Waals surface area contributed by atoms with E-state index in [0.717, 1.165) is 25.7 Å². The lowest BCUT2D eigenvalue weighted by atomic mass is 9.47. The fraction of sp³-hybridized carbons (Fsp3) is 0.895. The van der Waals surface area contributed by atoms with Crippen LogP contribution in [-0.2, 0) is 0 Å². The summed E-state index contributed by atoms with van der Waals surface area (Å²) in [5.41, 5.74) is 1.01. The smallest absolute Gasteiger partial charge is 0.0855 e. The van der Waals surface area contributed by atoms with Crippen LogP contribution in [0.2, 0.25) is 0 Å². The summed E-state index contributed by atoms with van der Waals surface area (Å²) in [4.78, 5) is 0. The van der Waals surface area contributed by atoms with Gasteiger partial charge in [0.05, 0.1) is 24.4 Å². The molecule has 0 saturated heterocycles. The zero-order chi connectivity index (χ0) is 16.6. The highest BCUT2D eigenvalue weighted by Crippen LogP contribution is 2.64. The van der Waals surface area contributed by atoms with Gasteiger partial charge in [-0.2, -0.15) is 0 Å². The predicted molar refractivity (Wildman–Crippen MR) is 86.5 cm³/mol. The Balaban J connectivity index is 1.73. The van der Waals surface area contributed by atoms with E-state index in [9.17, 15) is 20.4 Å². The number of hydrogen-bond donors (Lipinski definition) is 4. The summed E-state index contributed by atoms with van der Waals surface area (Å²) in [6.07, 6.45) is 4.85. The fourth-order valence-electron chi connectivity index (χ4n) is 6.62. The molecule has 0 heterocycles. The Morgan fingerprint density at radius 3 is 2.48 bits per heavy atom. The molecule has 4 aliphatic rings. The molecule has 4 rings (SSSR count). The summed E-state index contributed by atoms with van der Waals surface area (Å²) in [6, 6.07) is 0. The van der Waals surface area contributed by atoms with Gasteiger partial charge >= 0.3 is 0 Å². The highest BCUT2D eigenvalue weighted by atomic mass is 16.3. The predicted octanol–water partition coefficient (Wildman–Crippen LogP) is 1.61. The van der Waals surface area contributed by atoms with Crippen LogP contribution in [0, 0.1) is 28.6 Å². The minimum atomic E-state index is -0.674. The van der Waals surface area contributed by atoms with Gasteiger partial charge in [0, 0.05) is 0 Å². The molecule has 0 aromatic rings. The molecule has 0 radical (unpaired) electrons. The highest BCUT2D eigenvalue weighted by molar-refractivity contribution is 5.28. The van der Waals surface area contributed by atoms with Crippen LogP contribution >= 0.6 is 0 Å². The van der Waals surface area contributed by atoms with Crippen LogP contribution < -0.4 is 0 Å². The van der Waals surface area contributed by atoms with Crippen LogP contribution in [0.5, 0.6) is 0 Å². The normalized spacial score (nSPS) is 58.9. The van der Waals surface area contributed by atoms with Crippen LogP contribution in [0.3, 0.4) is 0 Å². The Hall–Kier alpha value is -0.420. The quantitative estimate of drug-likeness (QED) is 0.511. The molecule has 4 N–H and O–H groups in total. The molecule has 0 amide bonds. The number of aliphatic hydroxyl groups excluding tert-OH is 4. The van der Waals surface area contributed by atoms with Crippen molar-refractivity contribution in [2.45, 2.75) is 76.8 Å². The Morgan fingerprint density at radius 2 is 1.74 bits per heavy atom. The van der Waals surface area contributed by atoms with Crippen molar-refractivity contribution in [2.75, 3.05) is 0 Å². The molecule has 130 valence electrons. The lowest BCUT2D eigenvalue weighted by Crippen LogP contribution is -2.55. The van der Waals surface area contributed by atoms with Crippen molar-refractivity contribution < 1.29 is 20.4 Å². The largest absolute Gasteiger partial charge is 0.393 e. The molecule has 4 heteroatoms. The van der Waals surface area contributed by atoms with Crippen molar-refractivity contribution in [3.8, 4) is 0 Å². The first-order chi connectivity index (χ1) is 10.8. The van der Waals surface area contributed by atoms with Gasteiger partial charge in [0.1, 0.15) is 0 Å². The van der Waals surface area contributed by atoms with E-state index in [1.54, 1.807) is 0 Å². The Kier molecular flexibility index (Phi) is 3.52. The van der Waals surface area contributed by atoms with Gasteiger partial charge in [-0.05, 0) is 67.1 Å². The molecule has 0 bridgehead atoms. The van der Waals surface area contributed by atoms with Gasteiger partial charge in [-0.3, -0.25) is 0 Å². The molecular weight excluding hydrogens is 292 g/mol. The summed E-state index contributed by atoms with van der Waals surface area (Å²) in [6.45, 7) is 4.40. The lowest BCUT2D eigenvalue weighted by molar-refractivity contribution is -0.110. The van der Waals surface area contributed by atoms with E-state index in [2.05, 4.69) is 13.8 Å². The van der Waals surface area contributed by atoms with Crippen LogP contribution in [0.25, 0.3) is 0 Å². The third-order valence-electron chi connectivity index (χ3n) is 8.08. The average molecular weight is 322 g/mol. The van der Waals surface area contributed by atoms with Gasteiger partial charge in [0.2, 0.25) is 0 Å². The SMILES string of the molecule is C[C@]12CC[C@@H](O)CC1=CC(O)[C@@H]1[C@@H]2CC[C@]2(C)C(O)[C@H](O)C[C@@H]12. The number of aliphatic hydroxyl groups is 4. The Bertz CT molecular complexity index is 531. The number of hydrogen-bond acceptors (Lipinski definition) is 4. The van der Waals surface area contributed by atoms with E-state index in [0.29, 0.717) is 18.8 Å².